The highest BCUT2D eigenvalue weighted by molar-refractivity contribution is 5.61. The van der Waals surface area contributed by atoms with Crippen molar-refractivity contribution >= 4 is 5.95 Å². The minimum atomic E-state index is -0.277. The van der Waals surface area contributed by atoms with Crippen molar-refractivity contribution in [3.63, 3.8) is 0 Å². The summed E-state index contributed by atoms with van der Waals surface area (Å²) in [5.74, 6) is 1.01. The number of nitrogens with zero attached hydrogens (tertiary/aromatic N) is 3. The average Bonchev–Trinajstić information content (AvgIpc) is 2.95. The predicted octanol–water partition coefficient (Wildman–Crippen LogP) is 2.75. The number of nitrogen functional groups attached to an aromatic ring is 1. The second-order valence-electron chi connectivity index (χ2n) is 6.52. The third-order valence-corrected chi connectivity index (χ3v) is 4.85. The number of aromatic nitrogens is 4. The summed E-state index contributed by atoms with van der Waals surface area (Å²) in [5, 5.41) is 3.43. The zero-order valence-electron chi connectivity index (χ0n) is 13.5. The van der Waals surface area contributed by atoms with E-state index in [0.29, 0.717) is 23.9 Å². The first-order chi connectivity index (χ1) is 11.7. The topological polar surface area (TPSA) is 89.6 Å². The molecule has 1 fully saturated rings. The minimum absolute atomic E-state index is 0.0310. The van der Waals surface area contributed by atoms with Crippen molar-refractivity contribution in [3.8, 4) is 11.4 Å². The number of fused-ring (bicyclic) bond motifs is 1. The van der Waals surface area contributed by atoms with Crippen LogP contribution in [-0.4, -0.2) is 19.7 Å². The number of benzene rings is 1. The van der Waals surface area contributed by atoms with E-state index in [1.54, 1.807) is 0 Å². The van der Waals surface area contributed by atoms with Crippen molar-refractivity contribution in [3.05, 3.63) is 51.9 Å². The van der Waals surface area contributed by atoms with Crippen LogP contribution in [0, 0.1) is 0 Å². The Morgan fingerprint density at radius 2 is 1.88 bits per heavy atom. The van der Waals surface area contributed by atoms with E-state index < -0.39 is 0 Å². The molecule has 0 amide bonds. The standard InChI is InChI=1S/C18H21N5O/c19-18-20-16-14(17(24)21-18)15(13-9-5-2-6-10-13)22-23(16)11-12-7-3-1-4-8-12/h1,3-4,7-8,13,22H,2,5-6,9-11H2,(H2,19,21,24). The summed E-state index contributed by atoms with van der Waals surface area (Å²) < 4.78 is 1.92. The van der Waals surface area contributed by atoms with Gasteiger partial charge in [-0.25, -0.2) is 0 Å². The van der Waals surface area contributed by atoms with Crippen molar-refractivity contribution in [2.45, 2.75) is 44.6 Å². The van der Waals surface area contributed by atoms with Gasteiger partial charge in [0.2, 0.25) is 5.95 Å². The van der Waals surface area contributed by atoms with Gasteiger partial charge in [-0.3, -0.25) is 14.6 Å². The molecule has 0 bridgehead atoms. The molecule has 0 radical (unpaired) electrons. The summed E-state index contributed by atoms with van der Waals surface area (Å²) in [6.45, 7) is 0.625. The SMILES string of the molecule is Nc1nc2n(Cc3ccccc3)[nH]c(C3CCCCC3)c-2c(=O)n1. The van der Waals surface area contributed by atoms with Gasteiger partial charge in [0.15, 0.2) is 5.82 Å². The Kier molecular flexibility index (Phi) is 3.80. The molecule has 0 spiro atoms. The number of H-pyrrole nitrogens is 1. The Hall–Kier alpha value is -2.63. The molecule has 1 aliphatic carbocycles. The molecule has 1 aromatic carbocycles. The van der Waals surface area contributed by atoms with E-state index in [1.807, 2.05) is 22.9 Å². The molecule has 124 valence electrons. The molecule has 1 saturated carbocycles. The van der Waals surface area contributed by atoms with E-state index in [0.717, 1.165) is 24.1 Å². The van der Waals surface area contributed by atoms with E-state index in [1.165, 1.54) is 19.3 Å². The fourth-order valence-corrected chi connectivity index (χ4v) is 3.70. The summed E-state index contributed by atoms with van der Waals surface area (Å²) >= 11 is 0. The summed E-state index contributed by atoms with van der Waals surface area (Å²) in [6, 6.07) is 10.1. The maximum Gasteiger partial charge on any atom is 0.285 e. The first-order valence-electron chi connectivity index (χ1n) is 8.52. The van der Waals surface area contributed by atoms with Crippen LogP contribution in [0.1, 0.15) is 49.3 Å². The molecule has 0 unspecified atom stereocenters. The molecule has 0 aromatic heterocycles. The number of hydrogen-bond acceptors (Lipinski definition) is 4. The Morgan fingerprint density at radius 3 is 2.62 bits per heavy atom. The predicted molar refractivity (Wildman–Crippen MR) is 93.0 cm³/mol. The second-order valence-corrected chi connectivity index (χ2v) is 6.52. The minimum Gasteiger partial charge on any atom is -0.368 e. The second kappa shape index (κ2) is 6.11. The van der Waals surface area contributed by atoms with E-state index in [2.05, 4.69) is 27.2 Å². The van der Waals surface area contributed by atoms with Crippen LogP contribution in [0.3, 0.4) is 0 Å². The number of anilines is 1. The molecule has 3 N–H and O–H groups in total. The first kappa shape index (κ1) is 14.9. The molecular weight excluding hydrogens is 302 g/mol. The first-order valence-corrected chi connectivity index (χ1v) is 8.52. The number of hydrogen-bond donors (Lipinski definition) is 2. The Balaban J connectivity index is 1.82. The van der Waals surface area contributed by atoms with Gasteiger partial charge in [-0.05, 0) is 18.4 Å². The fourth-order valence-electron chi connectivity index (χ4n) is 3.70. The van der Waals surface area contributed by atoms with E-state index >= 15 is 0 Å². The highest BCUT2D eigenvalue weighted by atomic mass is 16.1. The van der Waals surface area contributed by atoms with E-state index in [9.17, 15) is 4.79 Å². The molecule has 4 rings (SSSR count). The number of rotatable bonds is 3. The van der Waals surface area contributed by atoms with Crippen molar-refractivity contribution in [1.82, 2.24) is 19.7 Å². The highest BCUT2D eigenvalue weighted by Crippen LogP contribution is 2.36. The van der Waals surface area contributed by atoms with Crippen LogP contribution in [0.5, 0.6) is 0 Å². The molecular formula is C18H21N5O. The molecule has 1 aromatic rings. The van der Waals surface area contributed by atoms with Gasteiger partial charge in [0.1, 0.15) is 5.56 Å². The number of nitrogens with two attached hydrogens (primary N) is 1. The van der Waals surface area contributed by atoms with Gasteiger partial charge < -0.3 is 5.73 Å². The van der Waals surface area contributed by atoms with Crippen LogP contribution < -0.4 is 11.3 Å². The number of aromatic amines is 1. The largest absolute Gasteiger partial charge is 0.368 e. The summed E-state index contributed by atoms with van der Waals surface area (Å²) in [5.41, 5.74) is 8.17. The molecule has 2 aliphatic heterocycles. The van der Waals surface area contributed by atoms with Crippen molar-refractivity contribution < 1.29 is 0 Å². The van der Waals surface area contributed by atoms with Gasteiger partial charge in [0.05, 0.1) is 12.2 Å². The Bertz CT molecular complexity index is 861. The molecule has 2 heterocycles. The van der Waals surface area contributed by atoms with Gasteiger partial charge >= 0.3 is 0 Å². The average molecular weight is 323 g/mol. The zero-order chi connectivity index (χ0) is 16.5. The van der Waals surface area contributed by atoms with Gasteiger partial charge in [-0.15, -0.1) is 0 Å². The molecule has 0 saturated heterocycles. The van der Waals surface area contributed by atoms with Gasteiger partial charge in [0, 0.05) is 5.92 Å². The monoisotopic (exact) mass is 323 g/mol. The third kappa shape index (κ3) is 2.68. The molecule has 0 atom stereocenters. The lowest BCUT2D eigenvalue weighted by Gasteiger charge is -2.20. The van der Waals surface area contributed by atoms with Gasteiger partial charge in [0.25, 0.3) is 5.56 Å². The van der Waals surface area contributed by atoms with Crippen molar-refractivity contribution in [1.29, 1.82) is 0 Å². The smallest absolute Gasteiger partial charge is 0.285 e. The molecule has 3 aliphatic rings. The Morgan fingerprint density at radius 1 is 1.12 bits per heavy atom. The van der Waals surface area contributed by atoms with E-state index in [-0.39, 0.29) is 11.5 Å². The van der Waals surface area contributed by atoms with Crippen LogP contribution in [0.25, 0.3) is 11.4 Å². The molecule has 6 nitrogen and oxygen atoms in total. The summed E-state index contributed by atoms with van der Waals surface area (Å²) in [6.07, 6.45) is 5.88. The lowest BCUT2D eigenvalue weighted by Crippen LogP contribution is -2.18. The van der Waals surface area contributed by atoms with Crippen LogP contribution in [-0.2, 0) is 6.54 Å². The van der Waals surface area contributed by atoms with Crippen molar-refractivity contribution in [2.24, 2.45) is 0 Å². The normalized spacial score (nSPS) is 15.8. The highest BCUT2D eigenvalue weighted by Gasteiger charge is 2.28. The number of nitrogens with one attached hydrogen (secondary N) is 1. The van der Waals surface area contributed by atoms with Crippen LogP contribution in [0.2, 0.25) is 0 Å². The summed E-state index contributed by atoms with van der Waals surface area (Å²) in [7, 11) is 0. The lowest BCUT2D eigenvalue weighted by atomic mass is 9.85. The Labute approximate surface area is 140 Å². The molecule has 24 heavy (non-hydrogen) atoms. The maximum atomic E-state index is 12.5. The van der Waals surface area contributed by atoms with Crippen molar-refractivity contribution in [2.75, 3.05) is 5.73 Å². The third-order valence-electron chi connectivity index (χ3n) is 4.85. The summed E-state index contributed by atoms with van der Waals surface area (Å²) in [4.78, 5) is 20.7. The lowest BCUT2D eigenvalue weighted by molar-refractivity contribution is 0.433. The fraction of sp³-hybridized carbons (Fsp3) is 0.389. The van der Waals surface area contributed by atoms with Crippen LogP contribution in [0.15, 0.2) is 35.1 Å². The quantitative estimate of drug-likeness (QED) is 0.775. The van der Waals surface area contributed by atoms with Crippen LogP contribution >= 0.6 is 0 Å². The van der Waals surface area contributed by atoms with Gasteiger partial charge in [-0.2, -0.15) is 9.97 Å². The molecule has 6 heteroatoms. The van der Waals surface area contributed by atoms with Crippen LogP contribution in [0.4, 0.5) is 5.95 Å². The van der Waals surface area contributed by atoms with Gasteiger partial charge in [-0.1, -0.05) is 49.6 Å². The zero-order valence-corrected chi connectivity index (χ0v) is 13.5. The van der Waals surface area contributed by atoms with E-state index in [4.69, 9.17) is 5.73 Å². The maximum absolute atomic E-state index is 12.5.